The lowest BCUT2D eigenvalue weighted by Gasteiger charge is -2.24. The van der Waals surface area contributed by atoms with Crippen LogP contribution in [-0.4, -0.2) is 97.6 Å². The first kappa shape index (κ1) is 57.0. The predicted octanol–water partition coefficient (Wildman–Crippen LogP) is 11.9. The Morgan fingerprint density at radius 1 is 0.592 bits per heavy atom. The minimum Gasteiger partial charge on any atom is -0.488 e. The van der Waals surface area contributed by atoms with E-state index in [2.05, 4.69) is 0 Å². The molecule has 0 atom stereocenters. The molecule has 4 aromatic carbocycles. The normalized spacial score (nSPS) is 13.1. The van der Waals surface area contributed by atoms with Gasteiger partial charge in [0.15, 0.2) is 0 Å². The zero-order chi connectivity index (χ0) is 54.6. The van der Waals surface area contributed by atoms with Crippen molar-refractivity contribution in [1.82, 2.24) is 9.80 Å². The number of carbonyl (C=O) groups is 4. The Bertz CT molecular complexity index is 2950. The molecule has 0 fully saturated rings. The third-order valence-electron chi connectivity index (χ3n) is 12.7. The Morgan fingerprint density at radius 2 is 1.01 bits per heavy atom. The Labute approximate surface area is 445 Å². The van der Waals surface area contributed by atoms with Gasteiger partial charge in [0.05, 0.1) is 32.5 Å². The molecule has 404 valence electrons. The fourth-order valence-electron chi connectivity index (χ4n) is 8.86. The van der Waals surface area contributed by atoms with Crippen molar-refractivity contribution in [1.29, 1.82) is 0 Å². The van der Waals surface area contributed by atoms with E-state index < -0.39 is 28.1 Å². The van der Waals surface area contributed by atoms with Crippen molar-refractivity contribution in [3.05, 3.63) is 140 Å². The average molecular weight is 1090 g/mol. The van der Waals surface area contributed by atoms with Gasteiger partial charge in [0.2, 0.25) is 11.8 Å². The fraction of sp³-hybridized carbons (Fsp3) is 0.357. The summed E-state index contributed by atoms with van der Waals surface area (Å²) in [6.45, 7) is 9.22. The number of alkyl halides is 6. The maximum absolute atomic E-state index is 13.7. The minimum absolute atomic E-state index is 0.00293. The first-order valence-electron chi connectivity index (χ1n) is 24.8. The molecule has 0 bridgehead atoms. The number of amides is 2. The van der Waals surface area contributed by atoms with E-state index in [1.54, 1.807) is 100 Å². The Kier molecular flexibility index (Phi) is 19.4. The number of likely N-dealkylation sites (N-methyl/N-ethyl adjacent to an activating group) is 2. The second kappa shape index (κ2) is 25.9. The third-order valence-corrected chi connectivity index (χ3v) is 15.0. The summed E-state index contributed by atoms with van der Waals surface area (Å²) >= 11 is 1.37. The van der Waals surface area contributed by atoms with E-state index >= 15 is 0 Å². The van der Waals surface area contributed by atoms with Gasteiger partial charge in [-0.2, -0.15) is 26.3 Å². The van der Waals surface area contributed by atoms with E-state index in [0.717, 1.165) is 22.5 Å². The van der Waals surface area contributed by atoms with Gasteiger partial charge in [-0.1, -0.05) is 74.5 Å². The van der Waals surface area contributed by atoms with E-state index in [9.17, 15) is 45.5 Å². The van der Waals surface area contributed by atoms with Gasteiger partial charge in [0.1, 0.15) is 34.5 Å². The molecule has 0 spiro atoms. The number of fused-ring (bicyclic) bond motifs is 2. The summed E-state index contributed by atoms with van der Waals surface area (Å²) in [6.07, 6.45) is -7.42. The first-order chi connectivity index (χ1) is 36.3. The number of nitrogens with zero attached hydrogens (tertiary/aromatic N) is 4. The molecule has 0 saturated carbocycles. The molecule has 2 amide bonds. The van der Waals surface area contributed by atoms with Crippen molar-refractivity contribution in [3.8, 4) is 33.8 Å². The fourth-order valence-corrected chi connectivity index (χ4v) is 10.8. The summed E-state index contributed by atoms with van der Waals surface area (Å²) in [5.41, 5.74) is 4.75. The van der Waals surface area contributed by atoms with E-state index in [-0.39, 0.29) is 68.1 Å². The highest BCUT2D eigenvalue weighted by atomic mass is 32.1. The zero-order valence-electron chi connectivity index (χ0n) is 42.2. The Balaban J connectivity index is 0.000000221. The van der Waals surface area contributed by atoms with Gasteiger partial charge in [0, 0.05) is 58.4 Å². The first-order valence-corrected chi connectivity index (χ1v) is 26.4. The zero-order valence-corrected chi connectivity index (χ0v) is 43.8. The summed E-state index contributed by atoms with van der Waals surface area (Å²) in [4.78, 5) is 55.2. The standard InChI is InChI=1S/C29H31F3N2O4S.C27H27F3N2O4S/c1-3-33(14-13-27(36)37-4-2)18-26(35)34-15-12-21-16-22(10-11-25(21)34)38-19-23-17-24(20-8-6-5-7-9-20)28(39-23)29(30,31)32;1-2-31(12-11-25(34)35)16-24(33)32-13-10-19-14-20(8-9-23(19)32)36-17-21-15-22(18-6-4-3-5-7-18)26(37-21)27(28,29)30/h5-11,16-17H,3-4,12-15,18-19H2,1-2H3;3-9,14-15H,2,10-13,16-17H2,1H3,(H,34,35). The van der Waals surface area contributed by atoms with Crippen LogP contribution in [0.5, 0.6) is 11.5 Å². The molecule has 8 rings (SSSR count). The molecule has 2 aliphatic rings. The van der Waals surface area contributed by atoms with Crippen LogP contribution in [0.4, 0.5) is 37.7 Å². The number of thiophene rings is 2. The molecular weight excluding hydrogens is 1030 g/mol. The van der Waals surface area contributed by atoms with Crippen LogP contribution >= 0.6 is 22.7 Å². The number of esters is 1. The molecule has 0 saturated heterocycles. The van der Waals surface area contributed by atoms with Crippen LogP contribution < -0.4 is 19.3 Å². The summed E-state index contributed by atoms with van der Waals surface area (Å²) in [5.74, 6) is -0.288. The SMILES string of the molecule is CCN(CCC(=O)O)CC(=O)N1CCc2cc(OCc3cc(-c4ccccc4)c(C(F)(F)F)s3)ccc21.CCOC(=O)CCN(CC)CC(=O)N1CCc2cc(OCc3cc(-c4ccccc4)c(C(F)(F)F)s3)ccc21. The highest BCUT2D eigenvalue weighted by Crippen LogP contribution is 2.45. The number of hydrogen-bond donors (Lipinski definition) is 1. The van der Waals surface area contributed by atoms with Gasteiger partial charge < -0.3 is 29.1 Å². The summed E-state index contributed by atoms with van der Waals surface area (Å²) in [6, 6.07) is 30.8. The number of anilines is 2. The smallest absolute Gasteiger partial charge is 0.426 e. The van der Waals surface area contributed by atoms with Crippen LogP contribution in [0.3, 0.4) is 0 Å². The van der Waals surface area contributed by atoms with Gasteiger partial charge in [-0.05, 0) is 104 Å². The van der Waals surface area contributed by atoms with Crippen LogP contribution in [-0.2, 0) is 62.3 Å². The lowest BCUT2D eigenvalue weighted by molar-refractivity contribution is -0.143. The molecule has 12 nitrogen and oxygen atoms in total. The topological polar surface area (TPSA) is 129 Å². The van der Waals surface area contributed by atoms with Gasteiger partial charge in [-0.25, -0.2) is 0 Å². The largest absolute Gasteiger partial charge is 0.488 e. The number of aliphatic carboxylic acids is 1. The molecule has 0 unspecified atom stereocenters. The van der Waals surface area contributed by atoms with E-state index in [1.165, 1.54) is 12.1 Å². The molecule has 6 aromatic rings. The quantitative estimate of drug-likeness (QED) is 0.0549. The van der Waals surface area contributed by atoms with Gasteiger partial charge >= 0.3 is 24.3 Å². The lowest BCUT2D eigenvalue weighted by atomic mass is 10.1. The summed E-state index contributed by atoms with van der Waals surface area (Å²) in [7, 11) is 0. The number of hydrogen-bond acceptors (Lipinski definition) is 11. The maximum Gasteiger partial charge on any atom is 0.426 e. The number of benzene rings is 4. The lowest BCUT2D eigenvalue weighted by Crippen LogP contribution is -2.40. The molecule has 1 N–H and O–H groups in total. The van der Waals surface area contributed by atoms with Crippen LogP contribution in [0.1, 0.15) is 64.2 Å². The monoisotopic (exact) mass is 1090 g/mol. The second-order valence-electron chi connectivity index (χ2n) is 17.8. The van der Waals surface area contributed by atoms with Crippen molar-refractivity contribution in [2.24, 2.45) is 0 Å². The molecule has 4 heterocycles. The summed E-state index contributed by atoms with van der Waals surface area (Å²) in [5, 5.41) is 8.90. The van der Waals surface area contributed by atoms with Crippen molar-refractivity contribution < 1.29 is 64.8 Å². The van der Waals surface area contributed by atoms with Crippen molar-refractivity contribution in [2.75, 3.05) is 68.8 Å². The van der Waals surface area contributed by atoms with Gasteiger partial charge in [-0.15, -0.1) is 22.7 Å². The average Bonchev–Trinajstić information content (AvgIpc) is 4.24. The highest BCUT2D eigenvalue weighted by Gasteiger charge is 2.38. The molecular formula is C56H58F6N4O8S2. The number of carboxylic acid groups (broad SMARTS) is 1. The van der Waals surface area contributed by atoms with E-state index in [0.29, 0.717) is 114 Å². The van der Waals surface area contributed by atoms with Gasteiger partial charge in [0.25, 0.3) is 0 Å². The van der Waals surface area contributed by atoms with Crippen LogP contribution in [0.25, 0.3) is 22.3 Å². The molecule has 2 aliphatic heterocycles. The van der Waals surface area contributed by atoms with E-state index in [1.807, 2.05) is 36.9 Å². The number of rotatable bonds is 21. The van der Waals surface area contributed by atoms with Crippen molar-refractivity contribution >= 4 is 57.8 Å². The predicted molar refractivity (Wildman–Crippen MR) is 281 cm³/mol. The van der Waals surface area contributed by atoms with Crippen LogP contribution in [0.15, 0.2) is 109 Å². The Morgan fingerprint density at radius 3 is 1.39 bits per heavy atom. The number of carbonyl (C=O) groups excluding carboxylic acids is 3. The van der Waals surface area contributed by atoms with E-state index in [4.69, 9.17) is 19.3 Å². The molecule has 76 heavy (non-hydrogen) atoms. The number of halogens is 6. The second-order valence-corrected chi connectivity index (χ2v) is 20.1. The highest BCUT2D eigenvalue weighted by molar-refractivity contribution is 7.13. The molecule has 20 heteroatoms. The van der Waals surface area contributed by atoms with Gasteiger partial charge in [-0.3, -0.25) is 29.0 Å². The van der Waals surface area contributed by atoms with Crippen molar-refractivity contribution in [2.45, 2.75) is 72.0 Å². The molecule has 0 radical (unpaired) electrons. The van der Waals surface area contributed by atoms with Crippen molar-refractivity contribution in [3.63, 3.8) is 0 Å². The molecule has 2 aromatic heterocycles. The number of carboxylic acids is 1. The summed E-state index contributed by atoms with van der Waals surface area (Å²) < 4.78 is 98.7. The third kappa shape index (κ3) is 15.0. The van der Waals surface area contributed by atoms with Crippen LogP contribution in [0, 0.1) is 0 Å². The number of ether oxygens (including phenoxy) is 3. The molecule has 0 aliphatic carbocycles. The maximum atomic E-state index is 13.7. The van der Waals surface area contributed by atoms with Crippen LogP contribution in [0.2, 0.25) is 0 Å². The Hall–Kier alpha value is -6.74. The minimum atomic E-state index is -4.46.